The van der Waals surface area contributed by atoms with Crippen LogP contribution in [0.2, 0.25) is 0 Å². The molecule has 0 saturated heterocycles. The molecule has 0 aliphatic rings. The van der Waals surface area contributed by atoms with Crippen LogP contribution in [0.3, 0.4) is 0 Å². The van der Waals surface area contributed by atoms with Crippen molar-refractivity contribution in [2.45, 2.75) is 0 Å². The smallest absolute Gasteiger partial charge is 0.256 e. The minimum Gasteiger partial charge on any atom is -0.321 e. The lowest BCUT2D eigenvalue weighted by Crippen LogP contribution is -2.13. The quantitative estimate of drug-likeness (QED) is 0.597. The first-order valence-electron chi connectivity index (χ1n) is 5.09. The molecule has 92 valence electrons. The number of nitrogens with one attached hydrogen (secondary N) is 1. The highest BCUT2D eigenvalue weighted by atomic mass is 127. The molecule has 0 bridgehead atoms. The topological polar surface area (TPSA) is 29.1 Å². The van der Waals surface area contributed by atoms with Gasteiger partial charge in [-0.05, 0) is 84.8 Å². The number of hydrogen-bond acceptors (Lipinski definition) is 1. The molecule has 0 aliphatic heterocycles. The second kappa shape index (κ2) is 6.16. The Kier molecular flexibility index (Phi) is 4.80. The lowest BCUT2D eigenvalue weighted by molar-refractivity contribution is 0.102. The van der Waals surface area contributed by atoms with E-state index in [0.717, 1.165) is 18.2 Å². The number of carbonyl (C=O) groups excluding carboxylic acids is 1. The molecule has 2 aromatic carbocycles. The van der Waals surface area contributed by atoms with Crippen molar-refractivity contribution in [3.8, 4) is 0 Å². The van der Waals surface area contributed by atoms with Crippen LogP contribution in [0.1, 0.15) is 10.4 Å². The molecule has 0 fully saturated rings. The fourth-order valence-corrected chi connectivity index (χ4v) is 2.73. The number of para-hydroxylation sites is 1. The monoisotopic (exact) mass is 479 g/mol. The van der Waals surface area contributed by atoms with Gasteiger partial charge in [0.05, 0.1) is 11.3 Å². The molecule has 0 spiro atoms. The minimum atomic E-state index is -0.132. The van der Waals surface area contributed by atoms with Crippen molar-refractivity contribution in [1.29, 1.82) is 0 Å². The number of halogens is 3. The molecule has 2 nitrogen and oxygen atoms in total. The second-order valence-corrected chi connectivity index (χ2v) is 6.51. The zero-order valence-corrected chi connectivity index (χ0v) is 14.4. The van der Waals surface area contributed by atoms with Crippen LogP contribution in [-0.2, 0) is 0 Å². The van der Waals surface area contributed by atoms with Gasteiger partial charge in [-0.15, -0.1) is 0 Å². The first kappa shape index (κ1) is 14.0. The maximum atomic E-state index is 12.2. The Morgan fingerprint density at radius 3 is 2.50 bits per heavy atom. The zero-order valence-electron chi connectivity index (χ0n) is 9.08. The van der Waals surface area contributed by atoms with E-state index in [2.05, 4.69) is 59.8 Å². The molecule has 1 amide bonds. The molecule has 0 saturated carbocycles. The summed E-state index contributed by atoms with van der Waals surface area (Å²) >= 11 is 8.97. The summed E-state index contributed by atoms with van der Waals surface area (Å²) in [7, 11) is 0. The van der Waals surface area contributed by atoms with Crippen LogP contribution in [0.4, 0.5) is 5.69 Å². The van der Waals surface area contributed by atoms with Crippen molar-refractivity contribution in [3.05, 3.63) is 60.5 Å². The van der Waals surface area contributed by atoms with Gasteiger partial charge in [-0.2, -0.15) is 0 Å². The van der Waals surface area contributed by atoms with Gasteiger partial charge < -0.3 is 5.32 Å². The maximum Gasteiger partial charge on any atom is 0.256 e. The van der Waals surface area contributed by atoms with Gasteiger partial charge in [-0.3, -0.25) is 4.79 Å². The molecule has 1 N–H and O–H groups in total. The number of hydrogen-bond donors (Lipinski definition) is 1. The highest BCUT2D eigenvalue weighted by Gasteiger charge is 2.11. The van der Waals surface area contributed by atoms with E-state index >= 15 is 0 Å². The summed E-state index contributed by atoms with van der Waals surface area (Å²) in [6.45, 7) is 0. The number of rotatable bonds is 2. The van der Waals surface area contributed by atoms with E-state index in [4.69, 9.17) is 0 Å². The van der Waals surface area contributed by atoms with E-state index in [1.54, 1.807) is 0 Å². The molecule has 0 aliphatic carbocycles. The average molecular weight is 481 g/mol. The van der Waals surface area contributed by atoms with E-state index in [1.807, 2.05) is 42.5 Å². The van der Waals surface area contributed by atoms with Crippen LogP contribution >= 0.6 is 54.5 Å². The van der Waals surface area contributed by atoms with Gasteiger partial charge in [0, 0.05) is 12.5 Å². The van der Waals surface area contributed by atoms with Crippen molar-refractivity contribution in [3.63, 3.8) is 0 Å². The third kappa shape index (κ3) is 3.33. The Hall–Kier alpha value is -0.400. The Morgan fingerprint density at radius 2 is 1.78 bits per heavy atom. The van der Waals surface area contributed by atoms with Gasteiger partial charge in [0.25, 0.3) is 5.91 Å². The average Bonchev–Trinajstić information content (AvgIpc) is 2.35. The molecule has 0 unspecified atom stereocenters. The van der Waals surface area contributed by atoms with E-state index in [9.17, 15) is 4.79 Å². The summed E-state index contributed by atoms with van der Waals surface area (Å²) in [6, 6.07) is 13.2. The lowest BCUT2D eigenvalue weighted by Gasteiger charge is -2.08. The van der Waals surface area contributed by atoms with Gasteiger partial charge in [-0.1, -0.05) is 12.1 Å². The third-order valence-electron chi connectivity index (χ3n) is 2.30. The fraction of sp³-hybridized carbons (Fsp3) is 0. The van der Waals surface area contributed by atoms with Crippen molar-refractivity contribution >= 4 is 66.0 Å². The van der Waals surface area contributed by atoms with Gasteiger partial charge in [0.15, 0.2) is 0 Å². The lowest BCUT2D eigenvalue weighted by atomic mass is 10.2. The molecular weight excluding hydrogens is 473 g/mol. The normalized spacial score (nSPS) is 10.2. The Balaban J connectivity index is 2.28. The highest BCUT2D eigenvalue weighted by Crippen LogP contribution is 2.24. The van der Waals surface area contributed by atoms with Crippen molar-refractivity contribution in [2.24, 2.45) is 0 Å². The van der Waals surface area contributed by atoms with Crippen LogP contribution < -0.4 is 5.32 Å². The first-order valence-corrected chi connectivity index (χ1v) is 7.75. The fourth-order valence-electron chi connectivity index (χ4n) is 1.42. The van der Waals surface area contributed by atoms with E-state index in [-0.39, 0.29) is 5.91 Å². The molecule has 0 heterocycles. The van der Waals surface area contributed by atoms with Crippen molar-refractivity contribution in [2.75, 3.05) is 5.32 Å². The third-order valence-corrected chi connectivity index (χ3v) is 4.35. The van der Waals surface area contributed by atoms with Gasteiger partial charge in [0.2, 0.25) is 0 Å². The van der Waals surface area contributed by atoms with Crippen LogP contribution in [0.15, 0.2) is 51.4 Å². The van der Waals surface area contributed by atoms with Crippen LogP contribution in [0.25, 0.3) is 0 Å². The predicted octanol–water partition coefficient (Wildman–Crippen LogP) is 5.07. The molecule has 0 atom stereocenters. The van der Waals surface area contributed by atoms with Gasteiger partial charge in [-0.25, -0.2) is 0 Å². The predicted molar refractivity (Wildman–Crippen MR) is 89.0 cm³/mol. The first-order chi connectivity index (χ1) is 8.58. The number of benzene rings is 2. The highest BCUT2D eigenvalue weighted by molar-refractivity contribution is 14.1. The molecule has 2 aromatic rings. The van der Waals surface area contributed by atoms with Gasteiger partial charge in [0.1, 0.15) is 0 Å². The van der Waals surface area contributed by atoms with Crippen LogP contribution in [-0.4, -0.2) is 5.91 Å². The second-order valence-electron chi connectivity index (χ2n) is 3.56. The Labute approximate surface area is 136 Å². The number of carbonyl (C=O) groups is 1. The van der Waals surface area contributed by atoms with E-state index in [0.29, 0.717) is 5.56 Å². The minimum absolute atomic E-state index is 0.132. The molecular formula is C13H8Br2INO. The Morgan fingerprint density at radius 1 is 1.06 bits per heavy atom. The standard InChI is InChI=1S/C13H8Br2INO/c14-10-6-5-8(16)7-9(10)13(18)17-12-4-2-1-3-11(12)15/h1-7H,(H,17,18). The molecule has 0 aromatic heterocycles. The van der Waals surface area contributed by atoms with E-state index < -0.39 is 0 Å². The van der Waals surface area contributed by atoms with Crippen LogP contribution in [0.5, 0.6) is 0 Å². The zero-order chi connectivity index (χ0) is 13.1. The molecule has 0 radical (unpaired) electrons. The van der Waals surface area contributed by atoms with Crippen LogP contribution in [0, 0.1) is 3.57 Å². The van der Waals surface area contributed by atoms with E-state index in [1.165, 1.54) is 0 Å². The number of amides is 1. The molecule has 5 heteroatoms. The van der Waals surface area contributed by atoms with Gasteiger partial charge >= 0.3 is 0 Å². The van der Waals surface area contributed by atoms with Crippen molar-refractivity contribution in [1.82, 2.24) is 0 Å². The van der Waals surface area contributed by atoms with Crippen molar-refractivity contribution < 1.29 is 4.79 Å². The summed E-state index contributed by atoms with van der Waals surface area (Å²) in [4.78, 5) is 12.2. The summed E-state index contributed by atoms with van der Waals surface area (Å²) in [6.07, 6.45) is 0. The Bertz CT molecular complexity index is 601. The summed E-state index contributed by atoms with van der Waals surface area (Å²) in [5.41, 5.74) is 1.38. The summed E-state index contributed by atoms with van der Waals surface area (Å²) in [5.74, 6) is -0.132. The summed E-state index contributed by atoms with van der Waals surface area (Å²) in [5, 5.41) is 2.88. The largest absolute Gasteiger partial charge is 0.321 e. The number of anilines is 1. The summed E-state index contributed by atoms with van der Waals surface area (Å²) < 4.78 is 2.67. The maximum absolute atomic E-state index is 12.2. The SMILES string of the molecule is O=C(Nc1ccccc1Br)c1cc(I)ccc1Br. The molecule has 2 rings (SSSR count). The molecule has 18 heavy (non-hydrogen) atoms.